The first-order valence-corrected chi connectivity index (χ1v) is 6.09. The van der Waals surface area contributed by atoms with Crippen LogP contribution in [0.2, 0.25) is 0 Å². The molecule has 0 aromatic heterocycles. The number of amides is 1. The fourth-order valence-electron chi connectivity index (χ4n) is 1.49. The van der Waals surface area contributed by atoms with Gasteiger partial charge in [0.15, 0.2) is 0 Å². The molecule has 1 aromatic carbocycles. The lowest BCUT2D eigenvalue weighted by molar-refractivity contribution is -0.387. The molecule has 8 heteroatoms. The van der Waals surface area contributed by atoms with E-state index in [1.807, 2.05) is 0 Å². The lowest BCUT2D eigenvalue weighted by Crippen LogP contribution is -2.39. The van der Waals surface area contributed by atoms with Crippen LogP contribution in [0.25, 0.3) is 0 Å². The van der Waals surface area contributed by atoms with Crippen molar-refractivity contribution in [1.82, 2.24) is 4.31 Å². The Labute approximate surface area is 112 Å². The highest BCUT2D eigenvalue weighted by molar-refractivity contribution is 7.97. The Hall–Kier alpha value is -2.09. The number of benzene rings is 1. The van der Waals surface area contributed by atoms with Crippen LogP contribution in [0.5, 0.6) is 0 Å². The third-order valence-corrected chi connectivity index (χ3v) is 3.93. The van der Waals surface area contributed by atoms with Crippen molar-refractivity contribution in [3.05, 3.63) is 34.4 Å². The minimum atomic E-state index is -1.16. The number of nitrogens with zero attached hydrogens (tertiary/aromatic N) is 2. The minimum Gasteiger partial charge on any atom is -0.374 e. The van der Waals surface area contributed by atoms with Crippen LogP contribution in [0.3, 0.4) is 0 Å². The first-order valence-electron chi connectivity index (χ1n) is 5.32. The molecule has 7 nitrogen and oxygen atoms in total. The number of hydrogen-bond donors (Lipinski definition) is 0. The van der Waals surface area contributed by atoms with Gasteiger partial charge in [-0.25, -0.2) is 13.9 Å². The molecule has 100 valence electrons. The summed E-state index contributed by atoms with van der Waals surface area (Å²) in [6.07, 6.45) is -0.821. The SMILES string of the molecule is CC1(C)C(=O)OC(=O)N1Sc1ccccc1[N+](=O)[O-]. The van der Waals surface area contributed by atoms with Gasteiger partial charge in [-0.05, 0) is 19.9 Å². The van der Waals surface area contributed by atoms with Crippen LogP contribution >= 0.6 is 11.9 Å². The molecule has 2 rings (SSSR count). The molecular formula is C11H10N2O5S. The van der Waals surface area contributed by atoms with Crippen LogP contribution in [0.1, 0.15) is 13.8 Å². The summed E-state index contributed by atoms with van der Waals surface area (Å²) >= 11 is 0.821. The minimum absolute atomic E-state index is 0.129. The number of para-hydroxylation sites is 1. The van der Waals surface area contributed by atoms with Crippen molar-refractivity contribution in [3.63, 3.8) is 0 Å². The van der Waals surface area contributed by atoms with E-state index >= 15 is 0 Å². The fraction of sp³-hybridized carbons (Fsp3) is 0.273. The summed E-state index contributed by atoms with van der Waals surface area (Å²) in [5.74, 6) is -0.677. The Bertz CT molecular complexity index is 572. The van der Waals surface area contributed by atoms with Gasteiger partial charge < -0.3 is 4.74 Å². The zero-order valence-corrected chi connectivity index (χ0v) is 11.0. The van der Waals surface area contributed by atoms with E-state index in [1.54, 1.807) is 6.07 Å². The Morgan fingerprint density at radius 3 is 2.47 bits per heavy atom. The van der Waals surface area contributed by atoms with Crippen LogP contribution in [0.15, 0.2) is 29.2 Å². The van der Waals surface area contributed by atoms with Crippen LogP contribution in [0, 0.1) is 10.1 Å². The topological polar surface area (TPSA) is 89.8 Å². The summed E-state index contributed by atoms with van der Waals surface area (Å²) in [5, 5.41) is 10.9. The Morgan fingerprint density at radius 1 is 1.32 bits per heavy atom. The molecule has 0 aliphatic carbocycles. The molecule has 1 amide bonds. The summed E-state index contributed by atoms with van der Waals surface area (Å²) in [7, 11) is 0. The smallest absolute Gasteiger partial charge is 0.374 e. The Balaban J connectivity index is 2.34. The molecule has 0 saturated carbocycles. The molecule has 0 N–H and O–H groups in total. The summed E-state index contributed by atoms with van der Waals surface area (Å²) in [6.45, 7) is 3.03. The molecule has 1 aliphatic rings. The van der Waals surface area contributed by atoms with Gasteiger partial charge in [-0.1, -0.05) is 12.1 Å². The number of carbonyl (C=O) groups is 2. The van der Waals surface area contributed by atoms with Crippen molar-refractivity contribution in [2.75, 3.05) is 0 Å². The van der Waals surface area contributed by atoms with Crippen molar-refractivity contribution in [2.24, 2.45) is 0 Å². The number of nitro benzene ring substituents is 1. The van der Waals surface area contributed by atoms with Crippen molar-refractivity contribution in [3.8, 4) is 0 Å². The van der Waals surface area contributed by atoms with Crippen molar-refractivity contribution >= 4 is 29.7 Å². The van der Waals surface area contributed by atoms with Crippen LogP contribution in [0.4, 0.5) is 10.5 Å². The van der Waals surface area contributed by atoms with Gasteiger partial charge in [0, 0.05) is 18.0 Å². The molecular weight excluding hydrogens is 272 g/mol. The number of rotatable bonds is 3. The predicted molar refractivity (Wildman–Crippen MR) is 66.4 cm³/mol. The molecule has 0 unspecified atom stereocenters. The van der Waals surface area contributed by atoms with Crippen LogP contribution < -0.4 is 0 Å². The van der Waals surface area contributed by atoms with E-state index in [0.29, 0.717) is 0 Å². The average molecular weight is 282 g/mol. The number of cyclic esters (lactones) is 2. The van der Waals surface area contributed by atoms with Gasteiger partial charge in [0.2, 0.25) is 0 Å². The zero-order chi connectivity index (χ0) is 14.2. The maximum atomic E-state index is 11.6. The maximum absolute atomic E-state index is 11.6. The maximum Gasteiger partial charge on any atom is 0.429 e. The third kappa shape index (κ3) is 2.26. The van der Waals surface area contributed by atoms with E-state index in [9.17, 15) is 19.7 Å². The summed E-state index contributed by atoms with van der Waals surface area (Å²) in [5.41, 5.74) is -1.29. The normalized spacial score (nSPS) is 17.5. The largest absolute Gasteiger partial charge is 0.429 e. The highest BCUT2D eigenvalue weighted by atomic mass is 32.2. The zero-order valence-electron chi connectivity index (χ0n) is 10.2. The summed E-state index contributed by atoms with van der Waals surface area (Å²) < 4.78 is 5.61. The molecule has 19 heavy (non-hydrogen) atoms. The molecule has 0 atom stereocenters. The number of esters is 1. The molecule has 0 bridgehead atoms. The fourth-order valence-corrected chi connectivity index (χ4v) is 2.48. The standard InChI is InChI=1S/C11H10N2O5S/c1-11(2)9(14)18-10(15)12(11)19-8-6-4-3-5-7(8)13(16)17/h3-6H,1-2H3. The lowest BCUT2D eigenvalue weighted by atomic mass is 10.1. The van der Waals surface area contributed by atoms with Crippen LogP contribution in [-0.4, -0.2) is 26.8 Å². The van der Waals surface area contributed by atoms with Gasteiger partial charge in [-0.2, -0.15) is 0 Å². The molecule has 1 heterocycles. The van der Waals surface area contributed by atoms with Gasteiger partial charge in [-0.15, -0.1) is 0 Å². The highest BCUT2D eigenvalue weighted by Gasteiger charge is 2.49. The second-order valence-electron chi connectivity index (χ2n) is 4.32. The van der Waals surface area contributed by atoms with Crippen molar-refractivity contribution < 1.29 is 19.2 Å². The molecule has 1 fully saturated rings. The summed E-state index contributed by atoms with van der Waals surface area (Å²) in [4.78, 5) is 33.7. The number of ether oxygens (including phenoxy) is 1. The second kappa shape index (κ2) is 4.54. The number of nitro groups is 1. The summed E-state index contributed by atoms with van der Waals surface area (Å²) in [6, 6.07) is 5.99. The Kier molecular flexibility index (Phi) is 3.19. The quantitative estimate of drug-likeness (QED) is 0.278. The van der Waals surface area contributed by atoms with Crippen molar-refractivity contribution in [2.45, 2.75) is 24.3 Å². The molecule has 1 saturated heterocycles. The third-order valence-electron chi connectivity index (χ3n) is 2.60. The van der Waals surface area contributed by atoms with Gasteiger partial charge in [-0.3, -0.25) is 10.1 Å². The van der Waals surface area contributed by atoms with Crippen LogP contribution in [-0.2, 0) is 9.53 Å². The van der Waals surface area contributed by atoms with E-state index in [0.717, 1.165) is 16.3 Å². The van der Waals surface area contributed by atoms with E-state index < -0.39 is 22.5 Å². The van der Waals surface area contributed by atoms with E-state index in [-0.39, 0.29) is 10.6 Å². The second-order valence-corrected chi connectivity index (χ2v) is 5.31. The Morgan fingerprint density at radius 2 is 1.95 bits per heavy atom. The molecule has 0 radical (unpaired) electrons. The lowest BCUT2D eigenvalue weighted by Gasteiger charge is -2.23. The van der Waals surface area contributed by atoms with Gasteiger partial charge >= 0.3 is 12.1 Å². The average Bonchev–Trinajstić information content (AvgIpc) is 2.52. The predicted octanol–water partition coefficient (Wildman–Crippen LogP) is 2.36. The van der Waals surface area contributed by atoms with E-state index in [1.165, 1.54) is 32.0 Å². The molecule has 1 aliphatic heterocycles. The van der Waals surface area contributed by atoms with Gasteiger partial charge in [0.25, 0.3) is 5.69 Å². The first-order chi connectivity index (χ1) is 8.84. The molecule has 1 aromatic rings. The first kappa shape index (κ1) is 13.3. The van der Waals surface area contributed by atoms with Gasteiger partial charge in [0.05, 0.1) is 4.92 Å². The van der Waals surface area contributed by atoms with E-state index in [2.05, 4.69) is 4.74 Å². The van der Waals surface area contributed by atoms with Gasteiger partial charge in [0.1, 0.15) is 10.4 Å². The molecule has 0 spiro atoms. The monoisotopic (exact) mass is 282 g/mol. The van der Waals surface area contributed by atoms with E-state index in [4.69, 9.17) is 0 Å². The van der Waals surface area contributed by atoms with Crippen molar-refractivity contribution in [1.29, 1.82) is 0 Å². The highest BCUT2D eigenvalue weighted by Crippen LogP contribution is 2.39. The number of carbonyl (C=O) groups excluding carboxylic acids is 2. The number of hydrogen-bond acceptors (Lipinski definition) is 6.